The van der Waals surface area contributed by atoms with Gasteiger partial charge in [0.2, 0.25) is 27.6 Å². The van der Waals surface area contributed by atoms with Crippen molar-refractivity contribution in [1.82, 2.24) is 19.5 Å². The van der Waals surface area contributed by atoms with Gasteiger partial charge >= 0.3 is 0 Å². The molecule has 1 aromatic heterocycles. The largest absolute Gasteiger partial charge is 0.434 e. The van der Waals surface area contributed by atoms with E-state index in [4.69, 9.17) is 26.5 Å². The molecule has 276 valence electrons. The molecule has 12 nitrogen and oxygen atoms in total. The molecule has 0 unspecified atom stereocenters. The zero-order chi connectivity index (χ0) is 36.7. The molecule has 3 heterocycles. The third kappa shape index (κ3) is 9.07. The molecule has 6 rings (SSSR count). The molecule has 2 aliphatic rings. The van der Waals surface area contributed by atoms with E-state index in [0.29, 0.717) is 60.6 Å². The highest BCUT2D eigenvalue weighted by molar-refractivity contribution is 7.89. The van der Waals surface area contributed by atoms with Crippen LogP contribution in [0.15, 0.2) is 82.1 Å². The Balaban J connectivity index is 1.18. The number of ether oxygens (including phenoxy) is 1. The fraction of sp³-hybridized carbons (Fsp3) is 0.421. The molecule has 0 bridgehead atoms. The predicted molar refractivity (Wildman–Crippen MR) is 196 cm³/mol. The number of aromatic nitrogens is 1. The maximum atomic E-state index is 14.1. The first-order valence-corrected chi connectivity index (χ1v) is 19.6. The molecule has 2 fully saturated rings. The molecule has 2 saturated heterocycles. The summed E-state index contributed by atoms with van der Waals surface area (Å²) in [4.78, 5) is 47.7. The maximum absolute atomic E-state index is 14.1. The van der Waals surface area contributed by atoms with Crippen LogP contribution in [0, 0.1) is 0 Å². The van der Waals surface area contributed by atoms with Gasteiger partial charge in [0.25, 0.3) is 5.89 Å². The lowest BCUT2D eigenvalue weighted by atomic mass is 10.0. The molecule has 3 atom stereocenters. The van der Waals surface area contributed by atoms with Crippen LogP contribution in [0.25, 0.3) is 11.1 Å². The van der Waals surface area contributed by atoms with Gasteiger partial charge in [-0.25, -0.2) is 13.4 Å². The van der Waals surface area contributed by atoms with Crippen molar-refractivity contribution in [3.63, 3.8) is 0 Å². The molecule has 0 saturated carbocycles. The molecule has 3 N–H and O–H groups in total. The molecular formula is C38H44ClN5O7S. The topological polar surface area (TPSA) is 165 Å². The standard InChI is InChI=1S/C38H44ClN5O7S/c39-28-15-11-27(12-16-28)25-50-29-23-33(37(47)41-32(9-4-5-19-40)36(46)38-42-31-8-2-3-10-34(31)51-38)44(24-29)35(45)22-26-13-17-30(18-14-26)52(48,49)43-20-6-1-7-21-43/h2-3,8,10-18,29,32-33H,1,4-7,9,19-25,40H2,(H,41,47)/t29-,32+,33+/m1/s1. The zero-order valence-corrected chi connectivity index (χ0v) is 30.5. The van der Waals surface area contributed by atoms with E-state index < -0.39 is 39.9 Å². The van der Waals surface area contributed by atoms with Crippen molar-refractivity contribution < 1.29 is 32.0 Å². The molecule has 4 aromatic rings. The number of para-hydroxylation sites is 2. The van der Waals surface area contributed by atoms with Crippen molar-refractivity contribution in [3.05, 3.63) is 94.8 Å². The Labute approximate surface area is 308 Å². The lowest BCUT2D eigenvalue weighted by Crippen LogP contribution is -2.51. The van der Waals surface area contributed by atoms with E-state index >= 15 is 0 Å². The third-order valence-corrected chi connectivity index (χ3v) is 11.8. The van der Waals surface area contributed by atoms with Gasteiger partial charge in [0, 0.05) is 31.1 Å². The fourth-order valence-corrected chi connectivity index (χ4v) is 8.35. The van der Waals surface area contributed by atoms with E-state index in [-0.39, 0.29) is 42.7 Å². The summed E-state index contributed by atoms with van der Waals surface area (Å²) in [5, 5.41) is 3.50. The molecule has 52 heavy (non-hydrogen) atoms. The number of halogens is 1. The molecular weight excluding hydrogens is 706 g/mol. The van der Waals surface area contributed by atoms with Gasteiger partial charge in [-0.2, -0.15) is 4.31 Å². The van der Waals surface area contributed by atoms with E-state index in [1.807, 2.05) is 12.1 Å². The molecule has 0 aliphatic carbocycles. The van der Waals surface area contributed by atoms with Crippen LogP contribution in [0.3, 0.4) is 0 Å². The summed E-state index contributed by atoms with van der Waals surface area (Å²) in [7, 11) is -3.62. The quantitative estimate of drug-likeness (QED) is 0.127. The Hall–Kier alpha value is -4.14. The molecule has 0 spiro atoms. The van der Waals surface area contributed by atoms with E-state index in [9.17, 15) is 22.8 Å². The van der Waals surface area contributed by atoms with E-state index in [0.717, 1.165) is 24.8 Å². The van der Waals surface area contributed by atoms with Gasteiger partial charge in [0.05, 0.1) is 30.1 Å². The van der Waals surface area contributed by atoms with Gasteiger partial charge in [-0.15, -0.1) is 0 Å². The first-order chi connectivity index (χ1) is 25.1. The van der Waals surface area contributed by atoms with Gasteiger partial charge in [0.1, 0.15) is 11.6 Å². The monoisotopic (exact) mass is 749 g/mol. The number of unbranched alkanes of at least 4 members (excludes halogenated alkanes) is 1. The molecule has 0 radical (unpaired) electrons. The number of hydrogen-bond acceptors (Lipinski definition) is 9. The molecule has 14 heteroatoms. The number of nitrogens with one attached hydrogen (secondary N) is 1. The minimum absolute atomic E-state index is 0.0561. The lowest BCUT2D eigenvalue weighted by molar-refractivity contribution is -0.138. The smallest absolute Gasteiger partial charge is 0.266 e. The highest BCUT2D eigenvalue weighted by atomic mass is 35.5. The second-order valence-corrected chi connectivity index (χ2v) is 15.7. The van der Waals surface area contributed by atoms with Crippen LogP contribution in [-0.2, 0) is 37.4 Å². The van der Waals surface area contributed by atoms with Crippen molar-refractivity contribution in [2.24, 2.45) is 5.73 Å². The molecule has 3 aromatic carbocycles. The first-order valence-electron chi connectivity index (χ1n) is 17.8. The number of hydrogen-bond donors (Lipinski definition) is 2. The second-order valence-electron chi connectivity index (χ2n) is 13.3. The highest BCUT2D eigenvalue weighted by Gasteiger charge is 2.41. The maximum Gasteiger partial charge on any atom is 0.266 e. The number of ketones is 1. The minimum Gasteiger partial charge on any atom is -0.434 e. The van der Waals surface area contributed by atoms with Crippen molar-refractivity contribution in [2.75, 3.05) is 26.2 Å². The summed E-state index contributed by atoms with van der Waals surface area (Å²) in [6.07, 6.45) is 3.92. The summed E-state index contributed by atoms with van der Waals surface area (Å²) in [5.41, 5.74) is 8.21. The summed E-state index contributed by atoms with van der Waals surface area (Å²) < 4.78 is 39.8. The summed E-state index contributed by atoms with van der Waals surface area (Å²) in [6.45, 7) is 1.83. The van der Waals surface area contributed by atoms with Crippen LogP contribution in [-0.4, -0.2) is 84.6 Å². The number of Topliss-reactive ketones (excluding diaryl/α,β-unsaturated/α-hetero) is 1. The number of piperidine rings is 1. The van der Waals surface area contributed by atoms with Crippen LogP contribution in [0.2, 0.25) is 5.02 Å². The normalized spacial score (nSPS) is 18.8. The fourth-order valence-electron chi connectivity index (χ4n) is 6.70. The highest BCUT2D eigenvalue weighted by Crippen LogP contribution is 2.26. The number of nitrogens with two attached hydrogens (primary N) is 1. The van der Waals surface area contributed by atoms with Gasteiger partial charge in [-0.05, 0) is 86.2 Å². The minimum atomic E-state index is -3.62. The van der Waals surface area contributed by atoms with Crippen molar-refractivity contribution >= 4 is 50.3 Å². The van der Waals surface area contributed by atoms with Crippen molar-refractivity contribution in [1.29, 1.82) is 0 Å². The summed E-state index contributed by atoms with van der Waals surface area (Å²) in [5.74, 6) is -1.38. The lowest BCUT2D eigenvalue weighted by Gasteiger charge is -2.26. The number of rotatable bonds is 15. The number of oxazole rings is 1. The van der Waals surface area contributed by atoms with E-state index in [2.05, 4.69) is 10.3 Å². The predicted octanol–water partition coefficient (Wildman–Crippen LogP) is 4.88. The SMILES string of the molecule is NCCCC[C@H](NC(=O)[C@@H]1C[C@@H](OCc2ccc(Cl)cc2)CN1C(=O)Cc1ccc(S(=O)(=O)N2CCCCC2)cc1)C(=O)c1nc2ccccc2o1. The van der Waals surface area contributed by atoms with Crippen LogP contribution >= 0.6 is 11.6 Å². The van der Waals surface area contributed by atoms with E-state index in [1.54, 1.807) is 48.5 Å². The van der Waals surface area contributed by atoms with Crippen LogP contribution in [0.4, 0.5) is 0 Å². The number of fused-ring (bicyclic) bond motifs is 1. The van der Waals surface area contributed by atoms with Gasteiger partial charge in [-0.1, -0.05) is 54.4 Å². The number of carbonyl (C=O) groups is 3. The Morgan fingerprint density at radius 2 is 1.67 bits per heavy atom. The van der Waals surface area contributed by atoms with Crippen LogP contribution in [0.5, 0.6) is 0 Å². The van der Waals surface area contributed by atoms with Crippen LogP contribution < -0.4 is 11.1 Å². The number of sulfonamides is 1. The average Bonchev–Trinajstić information content (AvgIpc) is 3.80. The number of likely N-dealkylation sites (tertiary alicyclic amines) is 1. The third-order valence-electron chi connectivity index (χ3n) is 9.60. The van der Waals surface area contributed by atoms with Gasteiger partial charge in [-0.3, -0.25) is 14.4 Å². The Morgan fingerprint density at radius 3 is 2.38 bits per heavy atom. The number of benzene rings is 3. The molecule has 2 amide bonds. The number of amides is 2. The van der Waals surface area contributed by atoms with E-state index in [1.165, 1.54) is 21.3 Å². The van der Waals surface area contributed by atoms with Crippen LogP contribution in [0.1, 0.15) is 66.8 Å². The number of nitrogens with zero attached hydrogens (tertiary/aromatic N) is 3. The second kappa shape index (κ2) is 17.1. The Bertz CT molecular complexity index is 1930. The Kier molecular flexibility index (Phi) is 12.4. The number of carbonyl (C=O) groups excluding carboxylic acids is 3. The van der Waals surface area contributed by atoms with Crippen molar-refractivity contribution in [2.45, 2.75) is 81.1 Å². The Morgan fingerprint density at radius 1 is 0.962 bits per heavy atom. The van der Waals surface area contributed by atoms with Gasteiger partial charge in [0.15, 0.2) is 5.58 Å². The summed E-state index contributed by atoms with van der Waals surface area (Å²) in [6, 6.07) is 18.7. The summed E-state index contributed by atoms with van der Waals surface area (Å²) >= 11 is 6.04. The van der Waals surface area contributed by atoms with Gasteiger partial charge < -0.3 is 25.1 Å². The van der Waals surface area contributed by atoms with Crippen molar-refractivity contribution in [3.8, 4) is 0 Å². The zero-order valence-electron chi connectivity index (χ0n) is 28.9. The first kappa shape index (κ1) is 37.6. The average molecular weight is 750 g/mol. The molecule has 2 aliphatic heterocycles.